The predicted molar refractivity (Wildman–Crippen MR) is 78.3 cm³/mol. The van der Waals surface area contributed by atoms with Crippen LogP contribution in [0, 0.1) is 5.92 Å². The van der Waals surface area contributed by atoms with Crippen LogP contribution in [-0.4, -0.2) is 60.9 Å². The summed E-state index contributed by atoms with van der Waals surface area (Å²) in [7, 11) is 0. The van der Waals surface area contributed by atoms with Crippen LogP contribution in [0.3, 0.4) is 0 Å². The van der Waals surface area contributed by atoms with Crippen molar-refractivity contribution >= 4 is 11.8 Å². The van der Waals surface area contributed by atoms with Gasteiger partial charge < -0.3 is 10.2 Å². The molecule has 1 heterocycles. The van der Waals surface area contributed by atoms with E-state index in [4.69, 9.17) is 0 Å². The normalized spacial score (nSPS) is 20.6. The van der Waals surface area contributed by atoms with Crippen LogP contribution in [-0.2, 0) is 9.59 Å². The van der Waals surface area contributed by atoms with Gasteiger partial charge in [0.1, 0.15) is 0 Å². The Hall–Kier alpha value is -1.10. The molecule has 0 unspecified atom stereocenters. The largest absolute Gasteiger partial charge is 0.355 e. The molecule has 20 heavy (non-hydrogen) atoms. The third kappa shape index (κ3) is 4.20. The molecule has 0 bridgehead atoms. The van der Waals surface area contributed by atoms with Crippen molar-refractivity contribution in [3.63, 3.8) is 0 Å². The summed E-state index contributed by atoms with van der Waals surface area (Å²) in [5, 5.41) is 2.94. The van der Waals surface area contributed by atoms with Gasteiger partial charge in [0.05, 0.1) is 6.54 Å². The summed E-state index contributed by atoms with van der Waals surface area (Å²) in [5.41, 5.74) is 0. The number of carbonyl (C=O) groups excluding carboxylic acids is 2. The van der Waals surface area contributed by atoms with Gasteiger partial charge in [-0.15, -0.1) is 0 Å². The minimum absolute atomic E-state index is 0.109. The number of carbonyl (C=O) groups is 2. The van der Waals surface area contributed by atoms with E-state index in [9.17, 15) is 9.59 Å². The molecule has 2 rings (SSSR count). The number of piperazine rings is 1. The predicted octanol–water partition coefficient (Wildman–Crippen LogP) is 0.847. The van der Waals surface area contributed by atoms with Gasteiger partial charge >= 0.3 is 0 Å². The van der Waals surface area contributed by atoms with E-state index in [1.54, 1.807) is 0 Å². The number of amides is 2. The SMILES string of the molecule is CCCCNC(=O)CN1CCN(C(=O)C2CCC2)CC1. The fraction of sp³-hybridized carbons (Fsp3) is 0.867. The fourth-order valence-corrected chi connectivity index (χ4v) is 2.70. The lowest BCUT2D eigenvalue weighted by Crippen LogP contribution is -2.52. The summed E-state index contributed by atoms with van der Waals surface area (Å²) in [6, 6.07) is 0. The number of unbranched alkanes of at least 4 members (excludes halogenated alkanes) is 1. The third-order valence-electron chi connectivity index (χ3n) is 4.36. The van der Waals surface area contributed by atoms with E-state index < -0.39 is 0 Å². The van der Waals surface area contributed by atoms with Crippen LogP contribution in [0.2, 0.25) is 0 Å². The molecule has 1 saturated carbocycles. The van der Waals surface area contributed by atoms with Crippen LogP contribution in [0.5, 0.6) is 0 Å². The van der Waals surface area contributed by atoms with E-state index in [0.29, 0.717) is 18.4 Å². The van der Waals surface area contributed by atoms with Crippen LogP contribution in [0.15, 0.2) is 0 Å². The minimum atomic E-state index is 0.109. The van der Waals surface area contributed by atoms with Crippen LogP contribution >= 0.6 is 0 Å². The van der Waals surface area contributed by atoms with Crippen LogP contribution < -0.4 is 5.32 Å². The maximum atomic E-state index is 12.1. The molecule has 114 valence electrons. The first-order valence-electron chi connectivity index (χ1n) is 7.98. The third-order valence-corrected chi connectivity index (χ3v) is 4.36. The molecule has 1 aliphatic carbocycles. The molecule has 0 aromatic rings. The smallest absolute Gasteiger partial charge is 0.234 e. The minimum Gasteiger partial charge on any atom is -0.355 e. The second-order valence-electron chi connectivity index (χ2n) is 5.93. The van der Waals surface area contributed by atoms with Crippen molar-refractivity contribution in [1.82, 2.24) is 15.1 Å². The highest BCUT2D eigenvalue weighted by Gasteiger charge is 2.31. The van der Waals surface area contributed by atoms with Gasteiger partial charge in [0.25, 0.3) is 0 Å². The van der Waals surface area contributed by atoms with E-state index in [-0.39, 0.29) is 5.91 Å². The average Bonchev–Trinajstić information content (AvgIpc) is 2.38. The first-order chi connectivity index (χ1) is 9.70. The van der Waals surface area contributed by atoms with Gasteiger partial charge in [-0.25, -0.2) is 0 Å². The Labute approximate surface area is 121 Å². The molecular weight excluding hydrogens is 254 g/mol. The van der Waals surface area contributed by atoms with Gasteiger partial charge in [-0.2, -0.15) is 0 Å². The van der Waals surface area contributed by atoms with E-state index in [2.05, 4.69) is 17.1 Å². The monoisotopic (exact) mass is 281 g/mol. The Bertz CT molecular complexity index is 334. The molecular formula is C15H27N3O2. The quantitative estimate of drug-likeness (QED) is 0.734. The molecule has 5 heteroatoms. The van der Waals surface area contributed by atoms with Gasteiger partial charge in [-0.05, 0) is 19.3 Å². The standard InChI is InChI=1S/C15H27N3O2/c1-2-3-7-16-14(19)12-17-8-10-18(11-9-17)15(20)13-5-4-6-13/h13H,2-12H2,1H3,(H,16,19). The molecule has 1 aliphatic heterocycles. The Morgan fingerprint density at radius 3 is 2.40 bits per heavy atom. The fourth-order valence-electron chi connectivity index (χ4n) is 2.70. The molecule has 2 amide bonds. The molecule has 0 aromatic carbocycles. The van der Waals surface area contributed by atoms with Gasteiger partial charge in [0.15, 0.2) is 0 Å². The lowest BCUT2D eigenvalue weighted by Gasteiger charge is -2.38. The summed E-state index contributed by atoms with van der Waals surface area (Å²) in [6.45, 7) is 6.55. The van der Waals surface area contributed by atoms with E-state index in [1.807, 2.05) is 4.90 Å². The zero-order chi connectivity index (χ0) is 14.4. The lowest BCUT2D eigenvalue weighted by atomic mass is 9.84. The molecule has 0 radical (unpaired) electrons. The Morgan fingerprint density at radius 2 is 1.85 bits per heavy atom. The van der Waals surface area contributed by atoms with Gasteiger partial charge in [-0.3, -0.25) is 14.5 Å². The molecule has 5 nitrogen and oxygen atoms in total. The number of nitrogens with one attached hydrogen (secondary N) is 1. The molecule has 2 aliphatic rings. The van der Waals surface area contributed by atoms with Crippen molar-refractivity contribution in [2.75, 3.05) is 39.3 Å². The summed E-state index contributed by atoms with van der Waals surface area (Å²) in [4.78, 5) is 28.0. The summed E-state index contributed by atoms with van der Waals surface area (Å²) in [5.74, 6) is 0.736. The van der Waals surface area contributed by atoms with Gasteiger partial charge in [0, 0.05) is 38.6 Å². The van der Waals surface area contributed by atoms with Crippen molar-refractivity contribution in [3.05, 3.63) is 0 Å². The molecule has 2 fully saturated rings. The zero-order valence-corrected chi connectivity index (χ0v) is 12.6. The summed E-state index contributed by atoms with van der Waals surface area (Å²) in [6.07, 6.45) is 5.48. The maximum Gasteiger partial charge on any atom is 0.234 e. The highest BCUT2D eigenvalue weighted by molar-refractivity contribution is 5.80. The highest BCUT2D eigenvalue weighted by atomic mass is 16.2. The molecule has 0 aromatic heterocycles. The Balaban J connectivity index is 1.63. The van der Waals surface area contributed by atoms with Crippen molar-refractivity contribution in [2.24, 2.45) is 5.92 Å². The number of hydrogen-bond donors (Lipinski definition) is 1. The van der Waals surface area contributed by atoms with Crippen molar-refractivity contribution < 1.29 is 9.59 Å². The molecule has 0 atom stereocenters. The van der Waals surface area contributed by atoms with Crippen LogP contribution in [0.4, 0.5) is 0 Å². The van der Waals surface area contributed by atoms with Crippen molar-refractivity contribution in [1.29, 1.82) is 0 Å². The molecule has 0 spiro atoms. The van der Waals surface area contributed by atoms with E-state index in [1.165, 1.54) is 6.42 Å². The maximum absolute atomic E-state index is 12.1. The highest BCUT2D eigenvalue weighted by Crippen LogP contribution is 2.28. The second kappa shape index (κ2) is 7.62. The number of hydrogen-bond acceptors (Lipinski definition) is 3. The van der Waals surface area contributed by atoms with Crippen LogP contribution in [0.25, 0.3) is 0 Å². The van der Waals surface area contributed by atoms with Crippen molar-refractivity contribution in [3.8, 4) is 0 Å². The lowest BCUT2D eigenvalue weighted by molar-refractivity contribution is -0.140. The van der Waals surface area contributed by atoms with Crippen molar-refractivity contribution in [2.45, 2.75) is 39.0 Å². The average molecular weight is 281 g/mol. The zero-order valence-electron chi connectivity index (χ0n) is 12.6. The van der Waals surface area contributed by atoms with Crippen LogP contribution in [0.1, 0.15) is 39.0 Å². The van der Waals surface area contributed by atoms with E-state index in [0.717, 1.165) is 58.4 Å². The Kier molecular flexibility index (Phi) is 5.83. The first-order valence-corrected chi connectivity index (χ1v) is 7.98. The summed E-state index contributed by atoms with van der Waals surface area (Å²) >= 11 is 0. The topological polar surface area (TPSA) is 52.7 Å². The first kappa shape index (κ1) is 15.3. The van der Waals surface area contributed by atoms with Gasteiger partial charge in [-0.1, -0.05) is 19.8 Å². The molecule has 1 saturated heterocycles. The number of rotatable bonds is 6. The Morgan fingerprint density at radius 1 is 1.15 bits per heavy atom. The van der Waals surface area contributed by atoms with Gasteiger partial charge in [0.2, 0.25) is 11.8 Å². The number of nitrogens with zero attached hydrogens (tertiary/aromatic N) is 2. The summed E-state index contributed by atoms with van der Waals surface area (Å²) < 4.78 is 0. The second-order valence-corrected chi connectivity index (χ2v) is 5.93. The molecule has 1 N–H and O–H groups in total. The van der Waals surface area contributed by atoms with E-state index >= 15 is 0 Å².